The van der Waals surface area contributed by atoms with Gasteiger partial charge in [0.25, 0.3) is 0 Å². The molecule has 0 radical (unpaired) electrons. The summed E-state index contributed by atoms with van der Waals surface area (Å²) in [6.07, 6.45) is 2.62. The first-order valence-corrected chi connectivity index (χ1v) is 7.99. The zero-order valence-electron chi connectivity index (χ0n) is 11.0. The van der Waals surface area contributed by atoms with Crippen molar-refractivity contribution < 1.29 is 8.95 Å². The minimum absolute atomic E-state index is 0.317. The Morgan fingerprint density at radius 2 is 2.22 bits per heavy atom. The number of nitrogens with one attached hydrogen (secondary N) is 1. The number of ether oxygens (including phenoxy) is 1. The van der Waals surface area contributed by atoms with Crippen LogP contribution in [-0.4, -0.2) is 29.4 Å². The van der Waals surface area contributed by atoms with Crippen molar-refractivity contribution >= 4 is 22.4 Å². The van der Waals surface area contributed by atoms with E-state index in [0.29, 0.717) is 17.6 Å². The molecule has 0 aliphatic carbocycles. The molecule has 0 saturated heterocycles. The van der Waals surface area contributed by atoms with E-state index in [2.05, 4.69) is 12.2 Å². The number of benzene rings is 1. The molecule has 0 spiro atoms. The highest BCUT2D eigenvalue weighted by molar-refractivity contribution is 7.84. The molecule has 0 bridgehead atoms. The molecule has 1 rings (SSSR count). The molecule has 2 unspecified atom stereocenters. The standard InChI is InChI=1S/C13H20ClNO2S/c1-10(6-7-18(3)16)15-9-11-8-12(14)4-5-13(11)17-2/h4-5,8,10,15H,6-7,9H2,1-3H3. The van der Waals surface area contributed by atoms with Crippen LogP contribution < -0.4 is 10.1 Å². The van der Waals surface area contributed by atoms with Gasteiger partial charge in [0.1, 0.15) is 5.75 Å². The van der Waals surface area contributed by atoms with E-state index >= 15 is 0 Å². The fourth-order valence-corrected chi connectivity index (χ4v) is 2.49. The molecule has 5 heteroatoms. The van der Waals surface area contributed by atoms with E-state index in [0.717, 1.165) is 23.5 Å². The molecule has 0 amide bonds. The summed E-state index contributed by atoms with van der Waals surface area (Å²) in [5.41, 5.74) is 1.04. The Hall–Kier alpha value is -0.580. The van der Waals surface area contributed by atoms with Gasteiger partial charge in [-0.25, -0.2) is 0 Å². The van der Waals surface area contributed by atoms with E-state index in [1.807, 2.05) is 18.2 Å². The molecule has 0 aliphatic rings. The molecule has 3 nitrogen and oxygen atoms in total. The molecule has 0 aliphatic heterocycles. The fraction of sp³-hybridized carbons (Fsp3) is 0.538. The van der Waals surface area contributed by atoms with Crippen molar-refractivity contribution in [3.05, 3.63) is 28.8 Å². The fourth-order valence-electron chi connectivity index (χ4n) is 1.61. The molecule has 0 fully saturated rings. The van der Waals surface area contributed by atoms with Crippen LogP contribution in [0.3, 0.4) is 0 Å². The summed E-state index contributed by atoms with van der Waals surface area (Å²) in [5, 5.41) is 4.09. The van der Waals surface area contributed by atoms with Crippen molar-refractivity contribution in [2.75, 3.05) is 19.1 Å². The summed E-state index contributed by atoms with van der Waals surface area (Å²) in [4.78, 5) is 0. The number of hydrogen-bond donors (Lipinski definition) is 1. The first kappa shape index (κ1) is 15.5. The summed E-state index contributed by atoms with van der Waals surface area (Å²) in [5.74, 6) is 1.55. The molecule has 0 aromatic heterocycles. The van der Waals surface area contributed by atoms with Gasteiger partial charge in [0.05, 0.1) is 7.11 Å². The van der Waals surface area contributed by atoms with Gasteiger partial charge in [0, 0.05) is 46.0 Å². The maximum atomic E-state index is 11.0. The van der Waals surface area contributed by atoms with Crippen molar-refractivity contribution in [1.29, 1.82) is 0 Å². The van der Waals surface area contributed by atoms with Crippen LogP contribution in [0.25, 0.3) is 0 Å². The summed E-state index contributed by atoms with van der Waals surface area (Å²) < 4.78 is 16.3. The minimum atomic E-state index is -0.730. The Morgan fingerprint density at radius 3 is 2.83 bits per heavy atom. The van der Waals surface area contributed by atoms with Gasteiger partial charge >= 0.3 is 0 Å². The van der Waals surface area contributed by atoms with Gasteiger partial charge < -0.3 is 10.1 Å². The molecule has 1 aromatic rings. The van der Waals surface area contributed by atoms with Crippen LogP contribution >= 0.6 is 11.6 Å². The number of hydrogen-bond acceptors (Lipinski definition) is 3. The molecule has 0 saturated carbocycles. The Bertz CT molecular complexity index is 412. The van der Waals surface area contributed by atoms with Gasteiger partial charge in [-0.3, -0.25) is 4.21 Å². The predicted molar refractivity (Wildman–Crippen MR) is 77.9 cm³/mol. The van der Waals surface area contributed by atoms with Crippen molar-refractivity contribution in [3.8, 4) is 5.75 Å². The number of rotatable bonds is 7. The first-order chi connectivity index (χ1) is 8.52. The summed E-state index contributed by atoms with van der Waals surface area (Å²) in [6.45, 7) is 2.78. The highest BCUT2D eigenvalue weighted by Gasteiger charge is 2.07. The lowest BCUT2D eigenvalue weighted by atomic mass is 10.1. The van der Waals surface area contributed by atoms with Crippen molar-refractivity contribution in [1.82, 2.24) is 5.32 Å². The van der Waals surface area contributed by atoms with E-state index in [4.69, 9.17) is 16.3 Å². The van der Waals surface area contributed by atoms with Gasteiger partial charge in [-0.1, -0.05) is 11.6 Å². The predicted octanol–water partition coefficient (Wildman–Crippen LogP) is 2.60. The minimum Gasteiger partial charge on any atom is -0.496 e. The molecule has 0 heterocycles. The van der Waals surface area contributed by atoms with E-state index in [9.17, 15) is 4.21 Å². The monoisotopic (exact) mass is 289 g/mol. The first-order valence-electron chi connectivity index (χ1n) is 5.88. The van der Waals surface area contributed by atoms with Crippen molar-refractivity contribution in [2.45, 2.75) is 25.9 Å². The second-order valence-electron chi connectivity index (χ2n) is 4.30. The molecular weight excluding hydrogens is 270 g/mol. The van der Waals surface area contributed by atoms with Gasteiger partial charge in [-0.05, 0) is 31.5 Å². The average molecular weight is 290 g/mol. The number of methoxy groups -OCH3 is 1. The van der Waals surface area contributed by atoms with Crippen molar-refractivity contribution in [3.63, 3.8) is 0 Å². The maximum Gasteiger partial charge on any atom is 0.123 e. The van der Waals surface area contributed by atoms with Crippen LogP contribution in [0.15, 0.2) is 18.2 Å². The Labute approximate surface area is 116 Å². The molecule has 18 heavy (non-hydrogen) atoms. The Kier molecular flexibility index (Phi) is 6.68. The largest absolute Gasteiger partial charge is 0.496 e. The van der Waals surface area contributed by atoms with Crippen LogP contribution in [0.1, 0.15) is 18.9 Å². The van der Waals surface area contributed by atoms with Gasteiger partial charge in [0.15, 0.2) is 0 Å². The summed E-state index contributed by atoms with van der Waals surface area (Å²) >= 11 is 5.97. The summed E-state index contributed by atoms with van der Waals surface area (Å²) in [6, 6.07) is 5.90. The second kappa shape index (κ2) is 7.77. The van der Waals surface area contributed by atoms with Crippen molar-refractivity contribution in [2.24, 2.45) is 0 Å². The highest BCUT2D eigenvalue weighted by atomic mass is 35.5. The van der Waals surface area contributed by atoms with Crippen LogP contribution in [0.5, 0.6) is 5.75 Å². The SMILES string of the molecule is COc1ccc(Cl)cc1CNC(C)CCS(C)=O. The lowest BCUT2D eigenvalue weighted by Crippen LogP contribution is -2.27. The van der Waals surface area contributed by atoms with Crippen LogP contribution in [-0.2, 0) is 17.3 Å². The smallest absolute Gasteiger partial charge is 0.123 e. The zero-order valence-corrected chi connectivity index (χ0v) is 12.6. The van der Waals surface area contributed by atoms with E-state index in [1.165, 1.54) is 0 Å². The lowest BCUT2D eigenvalue weighted by molar-refractivity contribution is 0.405. The quantitative estimate of drug-likeness (QED) is 0.838. The summed E-state index contributed by atoms with van der Waals surface area (Å²) in [7, 11) is 0.920. The van der Waals surface area contributed by atoms with E-state index in [-0.39, 0.29) is 0 Å². The number of halogens is 1. The second-order valence-corrected chi connectivity index (χ2v) is 6.30. The Morgan fingerprint density at radius 1 is 1.50 bits per heavy atom. The molecule has 102 valence electrons. The topological polar surface area (TPSA) is 38.3 Å². The third-order valence-electron chi connectivity index (χ3n) is 2.72. The average Bonchev–Trinajstić information content (AvgIpc) is 2.34. The van der Waals surface area contributed by atoms with E-state index < -0.39 is 10.8 Å². The van der Waals surface area contributed by atoms with Gasteiger partial charge in [0.2, 0.25) is 0 Å². The third-order valence-corrected chi connectivity index (χ3v) is 3.77. The molecule has 2 atom stereocenters. The zero-order chi connectivity index (χ0) is 13.5. The van der Waals surface area contributed by atoms with Crippen LogP contribution in [0.2, 0.25) is 5.02 Å². The van der Waals surface area contributed by atoms with Gasteiger partial charge in [-0.2, -0.15) is 0 Å². The normalized spacial score (nSPS) is 14.2. The van der Waals surface area contributed by atoms with Gasteiger partial charge in [-0.15, -0.1) is 0 Å². The lowest BCUT2D eigenvalue weighted by Gasteiger charge is -2.15. The molecule has 1 N–H and O–H groups in total. The highest BCUT2D eigenvalue weighted by Crippen LogP contribution is 2.22. The maximum absolute atomic E-state index is 11.0. The Balaban J connectivity index is 2.52. The molecule has 1 aromatic carbocycles. The third kappa shape index (κ3) is 5.38. The molecular formula is C13H20ClNO2S. The van der Waals surface area contributed by atoms with Crippen LogP contribution in [0.4, 0.5) is 0 Å². The van der Waals surface area contributed by atoms with E-state index in [1.54, 1.807) is 13.4 Å². The van der Waals surface area contributed by atoms with Crippen LogP contribution in [0, 0.1) is 0 Å².